The summed E-state index contributed by atoms with van der Waals surface area (Å²) >= 11 is 0. The molecule has 1 aliphatic carbocycles. The summed E-state index contributed by atoms with van der Waals surface area (Å²) in [7, 11) is -3.53. The molecule has 1 unspecified atom stereocenters. The van der Waals surface area contributed by atoms with Crippen LogP contribution in [0.2, 0.25) is 0 Å². The molecule has 1 aromatic heterocycles. The zero-order valence-electron chi connectivity index (χ0n) is 16.1. The van der Waals surface area contributed by atoms with Gasteiger partial charge in [0.25, 0.3) is 5.89 Å². The minimum atomic E-state index is -3.53. The number of nitrogens with zero attached hydrogens (tertiary/aromatic N) is 3. The molecule has 2 aliphatic rings. The zero-order chi connectivity index (χ0) is 19.8. The van der Waals surface area contributed by atoms with Crippen molar-refractivity contribution in [3.8, 4) is 11.5 Å². The average Bonchev–Trinajstić information content (AvgIpc) is 3.49. The van der Waals surface area contributed by atoms with E-state index in [1.54, 1.807) is 10.4 Å². The second kappa shape index (κ2) is 7.39. The van der Waals surface area contributed by atoms with Gasteiger partial charge in [-0.3, -0.25) is 0 Å². The molecular weight excluding hydrogens is 386 g/mol. The van der Waals surface area contributed by atoms with Gasteiger partial charge >= 0.3 is 0 Å². The van der Waals surface area contributed by atoms with Gasteiger partial charge in [-0.15, -0.1) is 0 Å². The van der Waals surface area contributed by atoms with Gasteiger partial charge in [0.1, 0.15) is 0 Å². The summed E-state index contributed by atoms with van der Waals surface area (Å²) < 4.78 is 33.7. The number of hydrogen-bond acceptors (Lipinski definition) is 5. The highest BCUT2D eigenvalue weighted by atomic mass is 32.2. The highest BCUT2D eigenvalue weighted by molar-refractivity contribution is 7.89. The molecule has 3 aromatic rings. The van der Waals surface area contributed by atoms with Crippen LogP contribution in [-0.4, -0.2) is 35.5 Å². The summed E-state index contributed by atoms with van der Waals surface area (Å²) in [5, 5.41) is 4.08. The normalized spacial score (nSPS) is 19.5. The second-order valence-electron chi connectivity index (χ2n) is 7.78. The van der Waals surface area contributed by atoms with E-state index < -0.39 is 10.0 Å². The van der Waals surface area contributed by atoms with E-state index in [2.05, 4.69) is 10.1 Å². The first kappa shape index (κ1) is 18.5. The molecule has 1 atom stereocenters. The van der Waals surface area contributed by atoms with Gasteiger partial charge in [-0.2, -0.15) is 9.29 Å². The lowest BCUT2D eigenvalue weighted by Gasteiger charge is -2.23. The van der Waals surface area contributed by atoms with Crippen LogP contribution in [0.15, 0.2) is 57.9 Å². The molecule has 0 radical (unpaired) electrons. The van der Waals surface area contributed by atoms with Gasteiger partial charge in [-0.1, -0.05) is 29.4 Å². The average molecular weight is 410 g/mol. The van der Waals surface area contributed by atoms with Gasteiger partial charge in [0.15, 0.2) is 5.82 Å². The fourth-order valence-corrected chi connectivity index (χ4v) is 6.16. The van der Waals surface area contributed by atoms with Crippen LogP contribution in [0.5, 0.6) is 0 Å². The molecule has 1 fully saturated rings. The first-order valence-corrected chi connectivity index (χ1v) is 11.6. The molecule has 1 aliphatic heterocycles. The second-order valence-corrected chi connectivity index (χ2v) is 9.67. The Labute approximate surface area is 170 Å². The molecule has 6 nitrogen and oxygen atoms in total. The molecule has 2 aromatic carbocycles. The van der Waals surface area contributed by atoms with E-state index in [9.17, 15) is 8.42 Å². The number of hydrogen-bond donors (Lipinski definition) is 0. The molecular formula is C22H23N3O3S. The highest BCUT2D eigenvalue weighted by Crippen LogP contribution is 2.31. The molecule has 29 heavy (non-hydrogen) atoms. The van der Waals surface area contributed by atoms with Crippen molar-refractivity contribution < 1.29 is 12.9 Å². The summed E-state index contributed by atoms with van der Waals surface area (Å²) in [5.41, 5.74) is 3.31. The number of benzene rings is 2. The lowest BCUT2D eigenvalue weighted by atomic mass is 10.1. The third-order valence-corrected chi connectivity index (χ3v) is 7.85. The monoisotopic (exact) mass is 409 g/mol. The van der Waals surface area contributed by atoms with Crippen LogP contribution in [0, 0.1) is 0 Å². The van der Waals surface area contributed by atoms with Crippen molar-refractivity contribution >= 4 is 10.0 Å². The molecule has 0 saturated carbocycles. The quantitative estimate of drug-likeness (QED) is 0.643. The fourth-order valence-electron chi connectivity index (χ4n) is 4.42. The number of fused-ring (bicyclic) bond motifs is 1. The molecule has 0 spiro atoms. The molecule has 0 bridgehead atoms. The van der Waals surface area contributed by atoms with Crippen LogP contribution in [0.4, 0.5) is 0 Å². The van der Waals surface area contributed by atoms with Gasteiger partial charge in [0.05, 0.1) is 4.90 Å². The molecule has 2 heterocycles. The Morgan fingerprint density at radius 3 is 2.72 bits per heavy atom. The number of aryl methyl sites for hydroxylation is 2. The van der Waals surface area contributed by atoms with Crippen molar-refractivity contribution in [3.05, 3.63) is 65.5 Å². The Hall–Kier alpha value is -2.51. The number of sulfonamides is 1. The van der Waals surface area contributed by atoms with Crippen molar-refractivity contribution in [2.45, 2.75) is 49.5 Å². The molecule has 1 saturated heterocycles. The summed E-state index contributed by atoms with van der Waals surface area (Å²) in [6.07, 6.45) is 5.22. The van der Waals surface area contributed by atoms with E-state index in [0.29, 0.717) is 29.6 Å². The number of rotatable bonds is 5. The van der Waals surface area contributed by atoms with Gasteiger partial charge < -0.3 is 4.52 Å². The molecule has 0 amide bonds. The summed E-state index contributed by atoms with van der Waals surface area (Å²) in [4.78, 5) is 4.89. The predicted molar refractivity (Wildman–Crippen MR) is 109 cm³/mol. The largest absolute Gasteiger partial charge is 0.334 e. The Morgan fingerprint density at radius 2 is 1.86 bits per heavy atom. The maximum absolute atomic E-state index is 13.3. The lowest BCUT2D eigenvalue weighted by molar-refractivity contribution is 0.370. The van der Waals surface area contributed by atoms with E-state index in [1.807, 2.05) is 42.5 Å². The van der Waals surface area contributed by atoms with Gasteiger partial charge in [0, 0.05) is 24.6 Å². The minimum absolute atomic E-state index is 0.144. The number of aromatic nitrogens is 2. The molecule has 0 N–H and O–H groups in total. The first-order valence-electron chi connectivity index (χ1n) is 10.1. The van der Waals surface area contributed by atoms with E-state index in [4.69, 9.17) is 4.52 Å². The lowest BCUT2D eigenvalue weighted by Crippen LogP contribution is -2.37. The Kier molecular flexibility index (Phi) is 4.72. The van der Waals surface area contributed by atoms with E-state index in [0.717, 1.165) is 37.7 Å². The summed E-state index contributed by atoms with van der Waals surface area (Å²) in [5.74, 6) is 1.01. The van der Waals surface area contributed by atoms with E-state index in [1.165, 1.54) is 11.1 Å². The summed E-state index contributed by atoms with van der Waals surface area (Å²) in [6.45, 7) is 0.535. The third-order valence-electron chi connectivity index (χ3n) is 5.91. The van der Waals surface area contributed by atoms with Crippen molar-refractivity contribution in [1.29, 1.82) is 0 Å². The van der Waals surface area contributed by atoms with Gasteiger partial charge in [-0.25, -0.2) is 8.42 Å². The first-order chi connectivity index (χ1) is 14.1. The van der Waals surface area contributed by atoms with Gasteiger partial charge in [-0.05, 0) is 67.5 Å². The zero-order valence-corrected chi connectivity index (χ0v) is 16.9. The van der Waals surface area contributed by atoms with Gasteiger partial charge in [0.2, 0.25) is 10.0 Å². The smallest absolute Gasteiger partial charge is 0.257 e. The van der Waals surface area contributed by atoms with E-state index in [-0.39, 0.29) is 6.04 Å². The van der Waals surface area contributed by atoms with Crippen molar-refractivity contribution in [2.24, 2.45) is 0 Å². The van der Waals surface area contributed by atoms with Crippen molar-refractivity contribution in [1.82, 2.24) is 14.4 Å². The van der Waals surface area contributed by atoms with E-state index >= 15 is 0 Å². The third kappa shape index (κ3) is 3.49. The van der Waals surface area contributed by atoms with Crippen LogP contribution in [0.3, 0.4) is 0 Å². The molecule has 7 heteroatoms. The molecule has 5 rings (SSSR count). The maximum Gasteiger partial charge on any atom is 0.257 e. The standard InChI is InChI=1S/C22H23N3O3S/c26-29(27,20-12-11-16-8-4-9-18(16)14-20)25-13-5-10-19(25)15-21-23-22(28-24-21)17-6-2-1-3-7-17/h1-3,6-7,11-12,14,19H,4-5,8-10,13,15H2. The topological polar surface area (TPSA) is 76.3 Å². The predicted octanol–water partition coefficient (Wildman–Crippen LogP) is 3.62. The Bertz CT molecular complexity index is 1130. The van der Waals surface area contributed by atoms with Crippen LogP contribution < -0.4 is 0 Å². The van der Waals surface area contributed by atoms with Crippen LogP contribution >= 0.6 is 0 Å². The van der Waals surface area contributed by atoms with Crippen molar-refractivity contribution in [3.63, 3.8) is 0 Å². The van der Waals surface area contributed by atoms with Crippen LogP contribution in [-0.2, 0) is 29.3 Å². The van der Waals surface area contributed by atoms with Crippen LogP contribution in [0.25, 0.3) is 11.5 Å². The minimum Gasteiger partial charge on any atom is -0.334 e. The fraction of sp³-hybridized carbons (Fsp3) is 0.364. The Balaban J connectivity index is 1.37. The van der Waals surface area contributed by atoms with Crippen LogP contribution in [0.1, 0.15) is 36.2 Å². The summed E-state index contributed by atoms with van der Waals surface area (Å²) in [6, 6.07) is 15.1. The SMILES string of the molecule is O=S(=O)(c1ccc2c(c1)CCC2)N1CCCC1Cc1noc(-c2ccccc2)n1. The maximum atomic E-state index is 13.3. The molecule has 150 valence electrons. The van der Waals surface area contributed by atoms with Crippen molar-refractivity contribution in [2.75, 3.05) is 6.54 Å². The Morgan fingerprint density at radius 1 is 1.03 bits per heavy atom. The highest BCUT2D eigenvalue weighted by Gasteiger charge is 2.36.